The molecule has 1 N–H and O–H groups in total. The lowest BCUT2D eigenvalue weighted by molar-refractivity contribution is -0.139. The van der Waals surface area contributed by atoms with Crippen LogP contribution < -0.4 is 9.47 Å². The van der Waals surface area contributed by atoms with Gasteiger partial charge in [-0.05, 0) is 43.4 Å². The molecule has 0 spiro atoms. The highest BCUT2D eigenvalue weighted by molar-refractivity contribution is 6.30. The number of carbonyl (C=O) groups is 1. The summed E-state index contributed by atoms with van der Waals surface area (Å²) >= 11 is 6.38. The number of hydrogen-bond acceptors (Lipinski definition) is 4. The van der Waals surface area contributed by atoms with E-state index in [2.05, 4.69) is 51.6 Å². The summed E-state index contributed by atoms with van der Waals surface area (Å²) in [6.45, 7) is 12.2. The van der Waals surface area contributed by atoms with Gasteiger partial charge in [0.1, 0.15) is 0 Å². The van der Waals surface area contributed by atoms with Crippen molar-refractivity contribution in [3.63, 3.8) is 0 Å². The van der Waals surface area contributed by atoms with Gasteiger partial charge in [-0.2, -0.15) is 0 Å². The third kappa shape index (κ3) is 5.71. The normalized spacial score (nSPS) is 22.8. The second-order valence-electron chi connectivity index (χ2n) is 9.09. The number of ether oxygens (including phenoxy) is 3. The predicted octanol–water partition coefficient (Wildman–Crippen LogP) is 6.76. The number of hydrogen-bond donors (Lipinski definition) is 1. The van der Waals surface area contributed by atoms with Gasteiger partial charge in [-0.3, -0.25) is 0 Å². The van der Waals surface area contributed by atoms with E-state index in [9.17, 15) is 4.79 Å². The molecule has 178 valence electrons. The lowest BCUT2D eigenvalue weighted by atomic mass is 9.75. The largest absolute Gasteiger partial charge is 0.493 e. The second kappa shape index (κ2) is 10.6. The lowest BCUT2D eigenvalue weighted by Gasteiger charge is -2.42. The van der Waals surface area contributed by atoms with Gasteiger partial charge in [-0.25, -0.2) is 4.79 Å². The fourth-order valence-corrected chi connectivity index (χ4v) is 4.75. The van der Waals surface area contributed by atoms with Gasteiger partial charge in [0.05, 0.1) is 19.3 Å². The zero-order valence-corrected chi connectivity index (χ0v) is 20.7. The third-order valence-electron chi connectivity index (χ3n) is 6.38. The second-order valence-corrected chi connectivity index (χ2v) is 9.52. The molecular formula is C27H33ClO5. The average molecular weight is 473 g/mol. The van der Waals surface area contributed by atoms with Crippen LogP contribution in [-0.2, 0) is 9.53 Å². The van der Waals surface area contributed by atoms with Crippen LogP contribution in [0.25, 0.3) is 0 Å². The molecule has 1 fully saturated rings. The van der Waals surface area contributed by atoms with Crippen LogP contribution in [-0.4, -0.2) is 30.9 Å². The van der Waals surface area contributed by atoms with E-state index in [4.69, 9.17) is 30.9 Å². The van der Waals surface area contributed by atoms with E-state index < -0.39 is 12.6 Å². The molecular weight excluding hydrogens is 440 g/mol. The van der Waals surface area contributed by atoms with Crippen LogP contribution in [0.3, 0.4) is 0 Å². The molecule has 2 aromatic carbocycles. The molecule has 0 bridgehead atoms. The van der Waals surface area contributed by atoms with E-state index >= 15 is 0 Å². The van der Waals surface area contributed by atoms with Crippen molar-refractivity contribution >= 4 is 17.6 Å². The van der Waals surface area contributed by atoms with Crippen molar-refractivity contribution in [2.24, 2.45) is 5.92 Å². The van der Waals surface area contributed by atoms with Gasteiger partial charge in [0, 0.05) is 28.5 Å². The quantitative estimate of drug-likeness (QED) is 0.430. The molecule has 0 amide bonds. The van der Waals surface area contributed by atoms with Crippen LogP contribution in [0.2, 0.25) is 5.02 Å². The number of benzene rings is 2. The third-order valence-corrected chi connectivity index (χ3v) is 6.60. The first-order chi connectivity index (χ1) is 15.6. The highest BCUT2D eigenvalue weighted by atomic mass is 35.5. The van der Waals surface area contributed by atoms with Crippen molar-refractivity contribution in [3.05, 3.63) is 70.3 Å². The lowest BCUT2D eigenvalue weighted by Crippen LogP contribution is -2.34. The molecule has 1 heterocycles. The summed E-state index contributed by atoms with van der Waals surface area (Å²) in [6, 6.07) is 12.1. The van der Waals surface area contributed by atoms with Gasteiger partial charge in [0.15, 0.2) is 18.1 Å². The molecule has 33 heavy (non-hydrogen) atoms. The maximum absolute atomic E-state index is 11.2. The van der Waals surface area contributed by atoms with E-state index in [1.807, 2.05) is 6.92 Å². The zero-order valence-electron chi connectivity index (χ0n) is 19.9. The topological polar surface area (TPSA) is 65.0 Å². The van der Waals surface area contributed by atoms with Crippen molar-refractivity contribution in [1.29, 1.82) is 0 Å². The number of carboxylic acids is 1. The number of aliphatic carboxylic acids is 1. The molecule has 1 aliphatic heterocycles. The molecule has 5 nitrogen and oxygen atoms in total. The molecule has 0 aromatic heterocycles. The summed E-state index contributed by atoms with van der Waals surface area (Å²) in [5.74, 6) is 0.320. The van der Waals surface area contributed by atoms with Crippen LogP contribution >= 0.6 is 11.6 Å². The Labute approximate surface area is 201 Å². The van der Waals surface area contributed by atoms with E-state index in [0.717, 1.165) is 12.0 Å². The van der Waals surface area contributed by atoms with E-state index in [-0.39, 0.29) is 24.0 Å². The molecule has 0 unspecified atom stereocenters. The minimum Gasteiger partial charge on any atom is -0.493 e. The van der Waals surface area contributed by atoms with Crippen LogP contribution in [0.1, 0.15) is 68.7 Å². The minimum atomic E-state index is -1.07. The van der Waals surface area contributed by atoms with Gasteiger partial charge in [-0.15, -0.1) is 0 Å². The Hall–Kier alpha value is -2.50. The highest BCUT2D eigenvalue weighted by Gasteiger charge is 2.40. The Bertz CT molecular complexity index is 998. The summed E-state index contributed by atoms with van der Waals surface area (Å²) in [4.78, 5) is 11.2. The molecule has 4 atom stereocenters. The zero-order chi connectivity index (χ0) is 24.3. The van der Waals surface area contributed by atoms with Crippen LogP contribution in [0.15, 0.2) is 48.6 Å². The van der Waals surface area contributed by atoms with Gasteiger partial charge in [0.2, 0.25) is 0 Å². The Balaban J connectivity index is 1.98. The van der Waals surface area contributed by atoms with Crippen molar-refractivity contribution in [3.8, 4) is 11.5 Å². The fourth-order valence-electron chi connectivity index (χ4n) is 4.53. The first-order valence-electron chi connectivity index (χ1n) is 11.2. The summed E-state index contributed by atoms with van der Waals surface area (Å²) in [5.41, 5.74) is 4.21. The van der Waals surface area contributed by atoms with E-state index in [0.29, 0.717) is 28.0 Å². The molecule has 2 aromatic rings. The molecule has 6 heteroatoms. The maximum Gasteiger partial charge on any atom is 0.341 e. The summed E-state index contributed by atoms with van der Waals surface area (Å²) in [7, 11) is 1.50. The number of carboxylic acid groups (broad SMARTS) is 1. The number of halogens is 1. The SMILES string of the molecule is C=C(C)[C@H]1C[C@H](c2ccc(C(C)C)cc2)[C@H](C)O[C@@H]1c1cc(Cl)cc(OC)c1OCC(=O)O. The minimum absolute atomic E-state index is 0.00803. The van der Waals surface area contributed by atoms with Crippen LogP contribution in [0.4, 0.5) is 0 Å². The van der Waals surface area contributed by atoms with E-state index in [1.54, 1.807) is 12.1 Å². The summed E-state index contributed by atoms with van der Waals surface area (Å²) in [6.07, 6.45) is 0.378. The standard InChI is InChI=1S/C27H33ClO5/c1-15(2)18-7-9-19(10-8-18)22-13-21(16(3)4)26(33-17(22)5)23-11-20(28)12-24(31-6)27(23)32-14-25(29)30/h7-12,15,17,21-22,26H,3,13-14H2,1-2,4-6H3,(H,29,30)/t17-,21+,22-,26-/m0/s1. The molecule has 3 rings (SSSR count). The fraction of sp³-hybridized carbons (Fsp3) is 0.444. The smallest absolute Gasteiger partial charge is 0.341 e. The predicted molar refractivity (Wildman–Crippen MR) is 131 cm³/mol. The molecule has 0 radical (unpaired) electrons. The van der Waals surface area contributed by atoms with Gasteiger partial charge in [-0.1, -0.05) is 61.9 Å². The number of methoxy groups -OCH3 is 1. The van der Waals surface area contributed by atoms with Crippen molar-refractivity contribution in [2.45, 2.75) is 58.2 Å². The first kappa shape index (κ1) is 25.1. The Morgan fingerprint density at radius 2 is 1.94 bits per heavy atom. The summed E-state index contributed by atoms with van der Waals surface area (Å²) in [5, 5.41) is 9.62. The van der Waals surface area contributed by atoms with E-state index in [1.165, 1.54) is 18.2 Å². The Kier molecular flexibility index (Phi) is 8.09. The molecule has 0 saturated carbocycles. The molecule has 0 aliphatic carbocycles. The van der Waals surface area contributed by atoms with Gasteiger partial charge >= 0.3 is 5.97 Å². The van der Waals surface area contributed by atoms with Gasteiger partial charge < -0.3 is 19.3 Å². The monoisotopic (exact) mass is 472 g/mol. The Morgan fingerprint density at radius 1 is 1.27 bits per heavy atom. The Morgan fingerprint density at radius 3 is 2.48 bits per heavy atom. The van der Waals surface area contributed by atoms with Crippen LogP contribution in [0, 0.1) is 5.92 Å². The first-order valence-corrected chi connectivity index (χ1v) is 11.6. The van der Waals surface area contributed by atoms with Crippen molar-refractivity contribution < 1.29 is 24.1 Å². The summed E-state index contributed by atoms with van der Waals surface area (Å²) < 4.78 is 17.7. The van der Waals surface area contributed by atoms with Crippen molar-refractivity contribution in [1.82, 2.24) is 0 Å². The highest BCUT2D eigenvalue weighted by Crippen LogP contribution is 2.50. The van der Waals surface area contributed by atoms with Gasteiger partial charge in [0.25, 0.3) is 0 Å². The average Bonchev–Trinajstić information content (AvgIpc) is 2.77. The number of rotatable bonds is 8. The molecule has 1 aliphatic rings. The van der Waals surface area contributed by atoms with Crippen LogP contribution in [0.5, 0.6) is 11.5 Å². The maximum atomic E-state index is 11.2. The molecule has 1 saturated heterocycles. The van der Waals surface area contributed by atoms with Crippen molar-refractivity contribution in [2.75, 3.05) is 13.7 Å².